The van der Waals surface area contributed by atoms with Crippen molar-refractivity contribution in [3.63, 3.8) is 0 Å². The molecule has 3 rings (SSSR count). The molecule has 0 bridgehead atoms. The van der Waals surface area contributed by atoms with Gasteiger partial charge in [0.25, 0.3) is 0 Å². The van der Waals surface area contributed by atoms with Crippen LogP contribution in [0.3, 0.4) is 0 Å². The molecule has 0 spiro atoms. The summed E-state index contributed by atoms with van der Waals surface area (Å²) in [6, 6.07) is 3.50. The Bertz CT molecular complexity index is 578. The Labute approximate surface area is 105 Å². The summed E-state index contributed by atoms with van der Waals surface area (Å²) in [6.45, 7) is 2.00. The van der Waals surface area contributed by atoms with Crippen LogP contribution in [0.5, 0.6) is 0 Å². The van der Waals surface area contributed by atoms with Gasteiger partial charge in [0.1, 0.15) is 17.5 Å². The van der Waals surface area contributed by atoms with Crippen LogP contribution in [0.2, 0.25) is 0 Å². The van der Waals surface area contributed by atoms with Crippen LogP contribution in [0.25, 0.3) is 11.0 Å². The van der Waals surface area contributed by atoms with E-state index in [2.05, 4.69) is 19.9 Å². The molecule has 3 heterocycles. The first-order chi connectivity index (χ1) is 8.88. The van der Waals surface area contributed by atoms with Gasteiger partial charge in [-0.1, -0.05) is 0 Å². The van der Waals surface area contributed by atoms with E-state index in [4.69, 9.17) is 0 Å². The molecule has 0 atom stereocenters. The van der Waals surface area contributed by atoms with Gasteiger partial charge in [0.05, 0.1) is 5.52 Å². The molecule has 0 radical (unpaired) electrons. The molecule has 0 amide bonds. The molecule has 0 N–H and O–H groups in total. The van der Waals surface area contributed by atoms with E-state index in [-0.39, 0.29) is 0 Å². The number of aromatic nitrogens is 3. The van der Waals surface area contributed by atoms with Gasteiger partial charge in [0.15, 0.2) is 12.1 Å². The molecule has 0 saturated carbocycles. The molecule has 1 fully saturated rings. The molecule has 2 aromatic rings. The normalized spacial score (nSPS) is 15.9. The number of pyridine rings is 1. The number of aldehydes is 1. The Morgan fingerprint density at radius 1 is 1.11 bits per heavy atom. The van der Waals surface area contributed by atoms with Crippen molar-refractivity contribution in [3.8, 4) is 0 Å². The Morgan fingerprint density at radius 2 is 1.94 bits per heavy atom. The number of hydrogen-bond acceptors (Lipinski definition) is 5. The first-order valence-corrected chi connectivity index (χ1v) is 6.20. The molecule has 0 aliphatic carbocycles. The number of anilines is 1. The molecule has 1 saturated heterocycles. The smallest absolute Gasteiger partial charge is 0.168 e. The third-order valence-electron chi connectivity index (χ3n) is 3.26. The predicted octanol–water partition coefficient (Wildman–Crippen LogP) is 1.83. The molecule has 0 aromatic carbocycles. The Hall–Kier alpha value is -2.04. The molecule has 5 nitrogen and oxygen atoms in total. The number of hydrogen-bond donors (Lipinski definition) is 0. The molecule has 18 heavy (non-hydrogen) atoms. The van der Waals surface area contributed by atoms with Gasteiger partial charge in [-0.2, -0.15) is 0 Å². The van der Waals surface area contributed by atoms with E-state index in [1.807, 2.05) is 6.07 Å². The van der Waals surface area contributed by atoms with Crippen LogP contribution in [0.15, 0.2) is 18.5 Å². The topological polar surface area (TPSA) is 59.0 Å². The zero-order valence-electron chi connectivity index (χ0n) is 10.0. The average Bonchev–Trinajstić information content (AvgIpc) is 2.47. The summed E-state index contributed by atoms with van der Waals surface area (Å²) in [5.74, 6) is 0.850. The predicted molar refractivity (Wildman–Crippen MR) is 68.8 cm³/mol. The lowest BCUT2D eigenvalue weighted by atomic mass is 10.1. The van der Waals surface area contributed by atoms with Crippen molar-refractivity contribution in [2.75, 3.05) is 18.0 Å². The first-order valence-electron chi connectivity index (χ1n) is 6.20. The maximum atomic E-state index is 10.8. The van der Waals surface area contributed by atoms with Crippen LogP contribution in [-0.4, -0.2) is 34.3 Å². The fourth-order valence-corrected chi connectivity index (χ4v) is 2.35. The highest BCUT2D eigenvalue weighted by Gasteiger charge is 2.16. The summed E-state index contributed by atoms with van der Waals surface area (Å²) >= 11 is 0. The van der Waals surface area contributed by atoms with Gasteiger partial charge in [0, 0.05) is 13.1 Å². The minimum Gasteiger partial charge on any atom is -0.355 e. The third kappa shape index (κ3) is 1.92. The minimum absolute atomic E-state index is 0.426. The van der Waals surface area contributed by atoms with Gasteiger partial charge in [-0.15, -0.1) is 0 Å². The van der Waals surface area contributed by atoms with Crippen molar-refractivity contribution in [2.45, 2.75) is 19.3 Å². The van der Waals surface area contributed by atoms with Crippen LogP contribution in [0.4, 0.5) is 5.82 Å². The van der Waals surface area contributed by atoms with Gasteiger partial charge in [-0.05, 0) is 31.4 Å². The summed E-state index contributed by atoms with van der Waals surface area (Å²) in [5.41, 5.74) is 1.94. The summed E-state index contributed by atoms with van der Waals surface area (Å²) < 4.78 is 0. The van der Waals surface area contributed by atoms with E-state index in [9.17, 15) is 4.79 Å². The Morgan fingerprint density at radius 3 is 2.72 bits per heavy atom. The van der Waals surface area contributed by atoms with Gasteiger partial charge in [-0.3, -0.25) is 4.79 Å². The number of rotatable bonds is 2. The largest absolute Gasteiger partial charge is 0.355 e. The Kier molecular flexibility index (Phi) is 2.88. The average molecular weight is 242 g/mol. The quantitative estimate of drug-likeness (QED) is 0.752. The van der Waals surface area contributed by atoms with Crippen LogP contribution in [0.1, 0.15) is 29.8 Å². The van der Waals surface area contributed by atoms with E-state index in [1.165, 1.54) is 19.3 Å². The Balaban J connectivity index is 2.11. The van der Waals surface area contributed by atoms with E-state index in [0.29, 0.717) is 5.69 Å². The fourth-order valence-electron chi connectivity index (χ4n) is 2.35. The molecular formula is C13H14N4O. The second kappa shape index (κ2) is 4.68. The highest BCUT2D eigenvalue weighted by molar-refractivity contribution is 5.88. The fraction of sp³-hybridized carbons (Fsp3) is 0.385. The molecular weight excluding hydrogens is 228 g/mol. The number of nitrogens with zero attached hydrogens (tertiary/aromatic N) is 4. The standard InChI is InChI=1S/C13H14N4O/c18-8-10-4-5-11-12(16-10)13(15-9-14-11)17-6-2-1-3-7-17/h4-5,8-9H,1-3,6-7H2. The summed E-state index contributed by atoms with van der Waals surface area (Å²) in [6.07, 6.45) is 5.95. The van der Waals surface area contributed by atoms with Crippen molar-refractivity contribution in [2.24, 2.45) is 0 Å². The van der Waals surface area contributed by atoms with Gasteiger partial charge in [-0.25, -0.2) is 15.0 Å². The second-order valence-electron chi connectivity index (χ2n) is 4.47. The van der Waals surface area contributed by atoms with Gasteiger partial charge >= 0.3 is 0 Å². The summed E-state index contributed by atoms with van der Waals surface area (Å²) in [4.78, 5) is 25.9. The molecule has 1 aliphatic heterocycles. The lowest BCUT2D eigenvalue weighted by molar-refractivity contribution is 0.111. The van der Waals surface area contributed by atoms with Crippen molar-refractivity contribution in [1.82, 2.24) is 15.0 Å². The lowest BCUT2D eigenvalue weighted by Crippen LogP contribution is -2.30. The summed E-state index contributed by atoms with van der Waals surface area (Å²) in [7, 11) is 0. The van der Waals surface area contributed by atoms with E-state index < -0.39 is 0 Å². The zero-order chi connectivity index (χ0) is 12.4. The van der Waals surface area contributed by atoms with Crippen molar-refractivity contribution >= 4 is 23.1 Å². The third-order valence-corrected chi connectivity index (χ3v) is 3.26. The van der Waals surface area contributed by atoms with Crippen molar-refractivity contribution in [1.29, 1.82) is 0 Å². The zero-order valence-corrected chi connectivity index (χ0v) is 10.0. The molecule has 1 aliphatic rings. The number of fused-ring (bicyclic) bond motifs is 1. The number of carbonyl (C=O) groups is 1. The molecule has 5 heteroatoms. The molecule has 0 unspecified atom stereocenters. The van der Waals surface area contributed by atoms with Crippen LogP contribution < -0.4 is 4.90 Å². The van der Waals surface area contributed by atoms with Crippen LogP contribution in [0, 0.1) is 0 Å². The maximum Gasteiger partial charge on any atom is 0.168 e. The highest BCUT2D eigenvalue weighted by Crippen LogP contribution is 2.23. The minimum atomic E-state index is 0.426. The highest BCUT2D eigenvalue weighted by atomic mass is 16.1. The second-order valence-corrected chi connectivity index (χ2v) is 4.47. The number of piperidine rings is 1. The van der Waals surface area contributed by atoms with E-state index in [1.54, 1.807) is 12.4 Å². The monoisotopic (exact) mass is 242 g/mol. The molecule has 92 valence electrons. The first kappa shape index (κ1) is 11.1. The van der Waals surface area contributed by atoms with E-state index >= 15 is 0 Å². The lowest BCUT2D eigenvalue weighted by Gasteiger charge is -2.27. The van der Waals surface area contributed by atoms with Crippen LogP contribution >= 0.6 is 0 Å². The van der Waals surface area contributed by atoms with Gasteiger partial charge in [0.2, 0.25) is 0 Å². The number of carbonyl (C=O) groups excluding carboxylic acids is 1. The van der Waals surface area contributed by atoms with E-state index in [0.717, 1.165) is 36.2 Å². The van der Waals surface area contributed by atoms with Gasteiger partial charge < -0.3 is 4.90 Å². The van der Waals surface area contributed by atoms with Crippen LogP contribution in [-0.2, 0) is 0 Å². The summed E-state index contributed by atoms with van der Waals surface area (Å²) in [5, 5.41) is 0. The van der Waals surface area contributed by atoms with Crippen molar-refractivity contribution < 1.29 is 4.79 Å². The van der Waals surface area contributed by atoms with Crippen molar-refractivity contribution in [3.05, 3.63) is 24.2 Å². The maximum absolute atomic E-state index is 10.8. The molecule has 2 aromatic heterocycles. The SMILES string of the molecule is O=Cc1ccc2ncnc(N3CCCCC3)c2n1.